The third kappa shape index (κ3) is 2.53. The highest BCUT2D eigenvalue weighted by Crippen LogP contribution is 2.37. The number of nitro groups is 1. The van der Waals surface area contributed by atoms with Crippen LogP contribution in [-0.2, 0) is 0 Å². The molecule has 0 amide bonds. The SMILES string of the molecule is CN=C1c2c(sc3c(=O)n(C4CCCCC4)cnc23)NCC1[N+](=O)[O-]. The molecule has 9 heteroatoms. The molecule has 1 saturated carbocycles. The van der Waals surface area contributed by atoms with E-state index in [1.165, 1.54) is 17.8 Å². The van der Waals surface area contributed by atoms with Crippen LogP contribution < -0.4 is 10.9 Å². The molecule has 25 heavy (non-hydrogen) atoms. The molecule has 1 fully saturated rings. The summed E-state index contributed by atoms with van der Waals surface area (Å²) >= 11 is 1.33. The minimum absolute atomic E-state index is 0.0498. The Morgan fingerprint density at radius 2 is 2.16 bits per heavy atom. The standard InChI is InChI=1S/C16H19N5O3S/c1-17-12-10(21(23)24)7-18-15-11(12)13-14(25-15)16(22)20(8-19-13)9-5-3-2-4-6-9/h8-10,18H,2-7H2,1H3. The maximum absolute atomic E-state index is 13.0. The second kappa shape index (κ2) is 6.21. The van der Waals surface area contributed by atoms with E-state index in [2.05, 4.69) is 15.3 Å². The van der Waals surface area contributed by atoms with Gasteiger partial charge in [-0.15, -0.1) is 11.3 Å². The summed E-state index contributed by atoms with van der Waals surface area (Å²) < 4.78 is 2.30. The fourth-order valence-corrected chi connectivity index (χ4v) is 4.96. The zero-order chi connectivity index (χ0) is 17.6. The van der Waals surface area contributed by atoms with E-state index in [9.17, 15) is 14.9 Å². The lowest BCUT2D eigenvalue weighted by Crippen LogP contribution is -2.40. The maximum atomic E-state index is 13.0. The van der Waals surface area contributed by atoms with Crippen LogP contribution >= 0.6 is 11.3 Å². The molecule has 1 atom stereocenters. The van der Waals surface area contributed by atoms with E-state index < -0.39 is 6.04 Å². The molecule has 0 bridgehead atoms. The minimum atomic E-state index is -0.919. The molecule has 4 rings (SSSR count). The molecule has 3 heterocycles. The Bertz CT molecular complexity index is 926. The summed E-state index contributed by atoms with van der Waals surface area (Å²) in [7, 11) is 1.55. The first kappa shape index (κ1) is 16.2. The number of fused-ring (bicyclic) bond motifs is 3. The van der Waals surface area contributed by atoms with E-state index in [-0.39, 0.29) is 23.1 Å². The Labute approximate surface area is 147 Å². The normalized spacial score (nSPS) is 22.8. The van der Waals surface area contributed by atoms with Crippen molar-refractivity contribution in [2.45, 2.75) is 44.2 Å². The quantitative estimate of drug-likeness (QED) is 0.654. The van der Waals surface area contributed by atoms with Gasteiger partial charge in [0.05, 0.1) is 24.0 Å². The molecular formula is C16H19N5O3S. The van der Waals surface area contributed by atoms with Crippen molar-refractivity contribution in [3.63, 3.8) is 0 Å². The van der Waals surface area contributed by atoms with Gasteiger partial charge in [-0.2, -0.15) is 0 Å². The lowest BCUT2D eigenvalue weighted by molar-refractivity contribution is -0.499. The van der Waals surface area contributed by atoms with Gasteiger partial charge < -0.3 is 5.32 Å². The van der Waals surface area contributed by atoms with Gasteiger partial charge in [-0.1, -0.05) is 19.3 Å². The highest BCUT2D eigenvalue weighted by atomic mass is 32.1. The number of thiophene rings is 1. The van der Waals surface area contributed by atoms with Gasteiger partial charge in [-0.05, 0) is 12.8 Å². The predicted octanol–water partition coefficient (Wildman–Crippen LogP) is 2.45. The van der Waals surface area contributed by atoms with Gasteiger partial charge in [-0.3, -0.25) is 24.5 Å². The third-order valence-corrected chi connectivity index (χ3v) is 6.24. The van der Waals surface area contributed by atoms with Crippen molar-refractivity contribution in [3.05, 3.63) is 32.4 Å². The zero-order valence-corrected chi connectivity index (χ0v) is 14.7. The molecule has 1 N–H and O–H groups in total. The molecular weight excluding hydrogens is 342 g/mol. The van der Waals surface area contributed by atoms with Crippen LogP contribution in [-0.4, -0.2) is 39.8 Å². The fourth-order valence-electron chi connectivity index (χ4n) is 3.85. The largest absolute Gasteiger partial charge is 0.369 e. The zero-order valence-electron chi connectivity index (χ0n) is 13.9. The molecule has 2 aromatic heterocycles. The second-order valence-electron chi connectivity index (χ2n) is 6.52. The topological polar surface area (TPSA) is 102 Å². The highest BCUT2D eigenvalue weighted by molar-refractivity contribution is 7.23. The number of rotatable bonds is 2. The summed E-state index contributed by atoms with van der Waals surface area (Å²) in [4.78, 5) is 32.6. The number of nitrogens with one attached hydrogen (secondary N) is 1. The van der Waals surface area contributed by atoms with Crippen LogP contribution in [0, 0.1) is 10.1 Å². The minimum Gasteiger partial charge on any atom is -0.369 e. The van der Waals surface area contributed by atoms with Crippen LogP contribution in [0.5, 0.6) is 0 Å². The summed E-state index contributed by atoms with van der Waals surface area (Å²) in [5.41, 5.74) is 1.48. The average Bonchev–Trinajstić information content (AvgIpc) is 3.01. The number of nitrogens with zero attached hydrogens (tertiary/aromatic N) is 4. The molecule has 0 saturated heterocycles. The first-order chi connectivity index (χ1) is 12.1. The maximum Gasteiger partial charge on any atom is 0.271 e. The van der Waals surface area contributed by atoms with Crippen molar-refractivity contribution >= 4 is 32.3 Å². The van der Waals surface area contributed by atoms with Gasteiger partial charge in [0.1, 0.15) is 15.4 Å². The Balaban J connectivity index is 1.86. The van der Waals surface area contributed by atoms with Crippen molar-refractivity contribution in [2.24, 2.45) is 4.99 Å². The summed E-state index contributed by atoms with van der Waals surface area (Å²) in [5, 5.41) is 15.2. The second-order valence-corrected chi connectivity index (χ2v) is 7.54. The summed E-state index contributed by atoms with van der Waals surface area (Å²) in [5.74, 6) is 0. The number of aromatic nitrogens is 2. The molecule has 2 aromatic rings. The van der Waals surface area contributed by atoms with Crippen molar-refractivity contribution < 1.29 is 4.92 Å². The molecule has 132 valence electrons. The number of anilines is 1. The summed E-state index contributed by atoms with van der Waals surface area (Å²) in [6, 6.07) is -0.714. The average molecular weight is 361 g/mol. The van der Waals surface area contributed by atoms with Gasteiger partial charge in [0, 0.05) is 18.0 Å². The third-order valence-electron chi connectivity index (χ3n) is 5.11. The molecule has 1 unspecified atom stereocenters. The monoisotopic (exact) mass is 361 g/mol. The van der Waals surface area contributed by atoms with E-state index in [4.69, 9.17) is 0 Å². The first-order valence-electron chi connectivity index (χ1n) is 8.50. The Kier molecular flexibility index (Phi) is 4.03. The van der Waals surface area contributed by atoms with Crippen LogP contribution in [0.2, 0.25) is 0 Å². The molecule has 1 aliphatic carbocycles. The number of aliphatic imine (C=N–C) groups is 1. The van der Waals surface area contributed by atoms with E-state index in [1.54, 1.807) is 17.9 Å². The molecule has 0 spiro atoms. The Hall–Kier alpha value is -2.29. The lowest BCUT2D eigenvalue weighted by Gasteiger charge is -2.23. The summed E-state index contributed by atoms with van der Waals surface area (Å²) in [6.45, 7) is 0.177. The molecule has 0 radical (unpaired) electrons. The van der Waals surface area contributed by atoms with Gasteiger partial charge in [0.2, 0.25) is 0 Å². The van der Waals surface area contributed by atoms with Crippen molar-refractivity contribution in [1.82, 2.24) is 9.55 Å². The lowest BCUT2D eigenvalue weighted by atomic mass is 9.95. The van der Waals surface area contributed by atoms with Gasteiger partial charge in [0.15, 0.2) is 0 Å². The number of hydrogen-bond donors (Lipinski definition) is 1. The molecule has 8 nitrogen and oxygen atoms in total. The Morgan fingerprint density at radius 3 is 2.84 bits per heavy atom. The van der Waals surface area contributed by atoms with Crippen LogP contribution in [0.15, 0.2) is 16.1 Å². The van der Waals surface area contributed by atoms with Crippen LogP contribution in [0.25, 0.3) is 10.2 Å². The van der Waals surface area contributed by atoms with Crippen LogP contribution in [0.4, 0.5) is 5.00 Å². The molecule has 1 aliphatic heterocycles. The first-order valence-corrected chi connectivity index (χ1v) is 9.31. The van der Waals surface area contributed by atoms with E-state index in [0.29, 0.717) is 21.5 Å². The van der Waals surface area contributed by atoms with E-state index in [0.717, 1.165) is 30.7 Å². The van der Waals surface area contributed by atoms with Gasteiger partial charge in [-0.25, -0.2) is 4.98 Å². The smallest absolute Gasteiger partial charge is 0.271 e. The molecule has 2 aliphatic rings. The molecule has 0 aromatic carbocycles. The Morgan fingerprint density at radius 1 is 1.40 bits per heavy atom. The fraction of sp³-hybridized carbons (Fsp3) is 0.562. The van der Waals surface area contributed by atoms with Crippen LogP contribution in [0.1, 0.15) is 43.7 Å². The summed E-state index contributed by atoms with van der Waals surface area (Å²) in [6.07, 6.45) is 7.10. The van der Waals surface area contributed by atoms with E-state index in [1.807, 2.05) is 0 Å². The highest BCUT2D eigenvalue weighted by Gasteiger charge is 2.37. The number of hydrogen-bond acceptors (Lipinski definition) is 7. The predicted molar refractivity (Wildman–Crippen MR) is 97.7 cm³/mol. The van der Waals surface area contributed by atoms with Gasteiger partial charge in [0.25, 0.3) is 11.6 Å². The van der Waals surface area contributed by atoms with Crippen molar-refractivity contribution in [1.29, 1.82) is 0 Å². The van der Waals surface area contributed by atoms with Crippen molar-refractivity contribution in [3.8, 4) is 0 Å². The van der Waals surface area contributed by atoms with E-state index >= 15 is 0 Å². The van der Waals surface area contributed by atoms with Crippen LogP contribution in [0.3, 0.4) is 0 Å². The van der Waals surface area contributed by atoms with Crippen molar-refractivity contribution in [2.75, 3.05) is 18.9 Å². The van der Waals surface area contributed by atoms with Gasteiger partial charge >= 0.3 is 0 Å².